The minimum Gasteiger partial charge on any atom is -0.481 e. The molecule has 0 unspecified atom stereocenters. The molecule has 5 heteroatoms. The van der Waals surface area contributed by atoms with Gasteiger partial charge in [-0.1, -0.05) is 12.3 Å². The molecule has 1 aliphatic rings. The molecular formula is C16H18N2O3. The van der Waals surface area contributed by atoms with E-state index in [1.807, 2.05) is 0 Å². The molecule has 1 fully saturated rings. The fourth-order valence-electron chi connectivity index (χ4n) is 2.55. The van der Waals surface area contributed by atoms with Crippen LogP contribution in [0.4, 0.5) is 0 Å². The lowest BCUT2D eigenvalue weighted by Crippen LogP contribution is -2.42. The van der Waals surface area contributed by atoms with Crippen LogP contribution in [0.5, 0.6) is 5.75 Å². The zero-order valence-electron chi connectivity index (χ0n) is 11.7. The molecule has 2 amide bonds. The third kappa shape index (κ3) is 3.76. The van der Waals surface area contributed by atoms with E-state index in [0.29, 0.717) is 11.3 Å². The Morgan fingerprint density at radius 1 is 1.33 bits per heavy atom. The molecule has 1 aliphatic carbocycles. The Balaban J connectivity index is 1.97. The van der Waals surface area contributed by atoms with Gasteiger partial charge in [-0.3, -0.25) is 9.59 Å². The first-order chi connectivity index (χ1) is 10.1. The number of ether oxygens (including phenoxy) is 1. The summed E-state index contributed by atoms with van der Waals surface area (Å²) in [5, 5.41) is 2.88. The number of terminal acetylenes is 1. The van der Waals surface area contributed by atoms with Crippen LogP contribution in [0.3, 0.4) is 0 Å². The van der Waals surface area contributed by atoms with Crippen molar-refractivity contribution in [3.63, 3.8) is 0 Å². The van der Waals surface area contributed by atoms with Crippen molar-refractivity contribution in [2.24, 2.45) is 11.7 Å². The smallest absolute Gasteiger partial charge is 0.251 e. The highest BCUT2D eigenvalue weighted by Crippen LogP contribution is 2.25. The van der Waals surface area contributed by atoms with E-state index >= 15 is 0 Å². The second kappa shape index (κ2) is 6.80. The van der Waals surface area contributed by atoms with Gasteiger partial charge in [0.2, 0.25) is 5.91 Å². The number of nitrogens with two attached hydrogens (primary N) is 1. The Morgan fingerprint density at radius 3 is 2.67 bits per heavy atom. The van der Waals surface area contributed by atoms with E-state index in [-0.39, 0.29) is 30.4 Å². The van der Waals surface area contributed by atoms with Crippen LogP contribution in [0.25, 0.3) is 0 Å². The summed E-state index contributed by atoms with van der Waals surface area (Å²) >= 11 is 0. The van der Waals surface area contributed by atoms with E-state index in [1.165, 1.54) is 0 Å². The van der Waals surface area contributed by atoms with Crippen molar-refractivity contribution in [2.75, 3.05) is 6.61 Å². The molecular weight excluding hydrogens is 268 g/mol. The fourth-order valence-corrected chi connectivity index (χ4v) is 2.55. The lowest BCUT2D eigenvalue weighted by molar-refractivity contribution is -0.122. The van der Waals surface area contributed by atoms with Crippen LogP contribution >= 0.6 is 0 Å². The van der Waals surface area contributed by atoms with E-state index in [1.54, 1.807) is 24.3 Å². The summed E-state index contributed by atoms with van der Waals surface area (Å²) in [7, 11) is 0. The number of carbonyl (C=O) groups is 2. The van der Waals surface area contributed by atoms with Gasteiger partial charge in [-0.15, -0.1) is 6.42 Å². The molecule has 21 heavy (non-hydrogen) atoms. The number of nitrogens with one attached hydrogen (secondary N) is 1. The predicted octanol–water partition coefficient (Wildman–Crippen LogP) is 1.08. The highest BCUT2D eigenvalue weighted by molar-refractivity contribution is 5.95. The summed E-state index contributed by atoms with van der Waals surface area (Å²) in [6.07, 6.45) is 7.52. The van der Waals surface area contributed by atoms with Gasteiger partial charge in [-0.05, 0) is 37.1 Å². The van der Waals surface area contributed by atoms with Crippen LogP contribution in [0.2, 0.25) is 0 Å². The first-order valence-electron chi connectivity index (χ1n) is 6.88. The third-order valence-electron chi connectivity index (χ3n) is 3.64. The molecule has 1 aromatic rings. The average Bonchev–Trinajstić information content (AvgIpc) is 2.94. The van der Waals surface area contributed by atoms with Crippen molar-refractivity contribution in [2.45, 2.75) is 25.3 Å². The van der Waals surface area contributed by atoms with Crippen LogP contribution in [0, 0.1) is 18.3 Å². The molecule has 0 aliphatic heterocycles. The predicted molar refractivity (Wildman–Crippen MR) is 78.6 cm³/mol. The van der Waals surface area contributed by atoms with E-state index in [0.717, 1.165) is 19.3 Å². The Morgan fingerprint density at radius 2 is 2.05 bits per heavy atom. The van der Waals surface area contributed by atoms with Gasteiger partial charge in [0.25, 0.3) is 5.91 Å². The Hall–Kier alpha value is -2.48. The molecule has 0 bridgehead atoms. The zero-order valence-corrected chi connectivity index (χ0v) is 11.7. The summed E-state index contributed by atoms with van der Waals surface area (Å²) < 4.78 is 5.24. The molecule has 110 valence electrons. The average molecular weight is 286 g/mol. The van der Waals surface area contributed by atoms with Crippen LogP contribution < -0.4 is 15.8 Å². The first-order valence-corrected chi connectivity index (χ1v) is 6.88. The van der Waals surface area contributed by atoms with Gasteiger partial charge in [0.15, 0.2) is 0 Å². The first kappa shape index (κ1) is 14.9. The van der Waals surface area contributed by atoms with Gasteiger partial charge in [-0.25, -0.2) is 0 Å². The topological polar surface area (TPSA) is 81.4 Å². The van der Waals surface area contributed by atoms with Crippen LogP contribution in [0.1, 0.15) is 29.6 Å². The SMILES string of the molecule is C#CCOc1ccc(C(=O)N[C@H]2CCC[C@@H]2C(N)=O)cc1. The van der Waals surface area contributed by atoms with Gasteiger partial charge in [0, 0.05) is 11.6 Å². The molecule has 5 nitrogen and oxygen atoms in total. The minimum atomic E-state index is -0.351. The van der Waals surface area contributed by atoms with Gasteiger partial charge < -0.3 is 15.8 Å². The number of primary amides is 1. The number of rotatable bonds is 5. The van der Waals surface area contributed by atoms with Crippen molar-refractivity contribution < 1.29 is 14.3 Å². The maximum atomic E-state index is 12.2. The van der Waals surface area contributed by atoms with Crippen LogP contribution in [0.15, 0.2) is 24.3 Å². The van der Waals surface area contributed by atoms with Gasteiger partial charge in [-0.2, -0.15) is 0 Å². The molecule has 0 radical (unpaired) electrons. The molecule has 0 heterocycles. The molecule has 1 aromatic carbocycles. The summed E-state index contributed by atoms with van der Waals surface area (Å²) in [5.74, 6) is 2.15. The van der Waals surface area contributed by atoms with Crippen molar-refractivity contribution >= 4 is 11.8 Å². The number of hydrogen-bond donors (Lipinski definition) is 2. The van der Waals surface area contributed by atoms with Crippen LogP contribution in [-0.4, -0.2) is 24.5 Å². The number of benzene rings is 1. The summed E-state index contributed by atoms with van der Waals surface area (Å²) in [6.45, 7) is 0.188. The number of carbonyl (C=O) groups excluding carboxylic acids is 2. The molecule has 3 N–H and O–H groups in total. The minimum absolute atomic E-state index is 0.174. The largest absolute Gasteiger partial charge is 0.481 e. The maximum absolute atomic E-state index is 12.2. The zero-order chi connectivity index (χ0) is 15.2. The molecule has 0 saturated heterocycles. The van der Waals surface area contributed by atoms with E-state index in [4.69, 9.17) is 16.9 Å². The quantitative estimate of drug-likeness (QED) is 0.795. The van der Waals surface area contributed by atoms with E-state index in [2.05, 4.69) is 11.2 Å². The Labute approximate surface area is 123 Å². The van der Waals surface area contributed by atoms with Gasteiger partial charge in [0.05, 0.1) is 5.92 Å². The third-order valence-corrected chi connectivity index (χ3v) is 3.64. The van der Waals surface area contributed by atoms with Gasteiger partial charge in [0.1, 0.15) is 12.4 Å². The highest BCUT2D eigenvalue weighted by atomic mass is 16.5. The second-order valence-corrected chi connectivity index (χ2v) is 5.04. The lowest BCUT2D eigenvalue weighted by atomic mass is 10.0. The summed E-state index contributed by atoms with van der Waals surface area (Å²) in [5.41, 5.74) is 5.86. The summed E-state index contributed by atoms with van der Waals surface area (Å²) in [4.78, 5) is 23.5. The van der Waals surface area contributed by atoms with Crippen molar-refractivity contribution in [3.8, 4) is 18.1 Å². The number of amides is 2. The molecule has 0 aromatic heterocycles. The van der Waals surface area contributed by atoms with E-state index < -0.39 is 0 Å². The maximum Gasteiger partial charge on any atom is 0.251 e. The number of hydrogen-bond acceptors (Lipinski definition) is 3. The summed E-state index contributed by atoms with van der Waals surface area (Å²) in [6, 6.07) is 6.52. The van der Waals surface area contributed by atoms with Crippen molar-refractivity contribution in [1.82, 2.24) is 5.32 Å². The van der Waals surface area contributed by atoms with Crippen LogP contribution in [-0.2, 0) is 4.79 Å². The highest BCUT2D eigenvalue weighted by Gasteiger charge is 2.32. The molecule has 2 atom stereocenters. The molecule has 1 saturated carbocycles. The van der Waals surface area contributed by atoms with Gasteiger partial charge >= 0.3 is 0 Å². The van der Waals surface area contributed by atoms with Crippen molar-refractivity contribution in [3.05, 3.63) is 29.8 Å². The Kier molecular flexibility index (Phi) is 4.83. The fraction of sp³-hybridized carbons (Fsp3) is 0.375. The second-order valence-electron chi connectivity index (χ2n) is 5.04. The van der Waals surface area contributed by atoms with Crippen molar-refractivity contribution in [1.29, 1.82) is 0 Å². The normalized spacial score (nSPS) is 20.5. The molecule has 2 rings (SSSR count). The standard InChI is InChI=1S/C16H18N2O3/c1-2-10-21-12-8-6-11(7-9-12)16(20)18-14-5-3-4-13(14)15(17)19/h1,6-9,13-14H,3-5,10H2,(H2,17,19)(H,18,20)/t13-,14-/m0/s1. The Bertz CT molecular complexity index is 560. The lowest BCUT2D eigenvalue weighted by Gasteiger charge is -2.18. The van der Waals surface area contributed by atoms with E-state index in [9.17, 15) is 9.59 Å². The monoisotopic (exact) mass is 286 g/mol. The molecule has 0 spiro atoms.